The fourth-order valence-corrected chi connectivity index (χ4v) is 3.94. The van der Waals surface area contributed by atoms with Gasteiger partial charge < -0.3 is 10.6 Å². The summed E-state index contributed by atoms with van der Waals surface area (Å²) in [6.45, 7) is 8.34. The maximum Gasteiger partial charge on any atom is 0.240 e. The lowest BCUT2D eigenvalue weighted by Gasteiger charge is -2.11. The van der Waals surface area contributed by atoms with Gasteiger partial charge in [0.25, 0.3) is 0 Å². The first kappa shape index (κ1) is 21.7. The van der Waals surface area contributed by atoms with E-state index in [2.05, 4.69) is 25.3 Å². The van der Waals surface area contributed by atoms with Gasteiger partial charge in [-0.05, 0) is 63.1 Å². The molecule has 1 aromatic heterocycles. The largest absolute Gasteiger partial charge is 0.353 e. The molecule has 2 aromatic carbocycles. The Balaban J connectivity index is 1.58. The van der Waals surface area contributed by atoms with E-state index in [4.69, 9.17) is 0 Å². The minimum absolute atomic E-state index is 0.216. The molecule has 7 nitrogen and oxygen atoms in total. The summed E-state index contributed by atoms with van der Waals surface area (Å²) >= 11 is 0. The number of sulfonamides is 1. The second kappa shape index (κ2) is 9.23. The summed E-state index contributed by atoms with van der Waals surface area (Å²) in [6.07, 6.45) is 0. The van der Waals surface area contributed by atoms with Crippen molar-refractivity contribution in [2.45, 2.75) is 32.6 Å². The van der Waals surface area contributed by atoms with Crippen LogP contribution in [0.1, 0.15) is 22.4 Å². The zero-order chi connectivity index (χ0) is 21.7. The van der Waals surface area contributed by atoms with Gasteiger partial charge in [0.05, 0.1) is 4.90 Å². The molecule has 0 bridgehead atoms. The van der Waals surface area contributed by atoms with E-state index in [1.807, 2.05) is 64.1 Å². The van der Waals surface area contributed by atoms with Gasteiger partial charge in [-0.1, -0.05) is 23.8 Å². The Kier molecular flexibility index (Phi) is 6.69. The standard InChI is InChI=1S/C22H27N5O2S/c1-15-5-8-19(9-6-15)26-21-14-18(4)25-22(27-21)23-11-12-24-30(28,29)20-10-7-16(2)17(3)13-20/h5-10,13-14,24H,11-12H2,1-4H3,(H2,23,25,26,27). The van der Waals surface area contributed by atoms with Gasteiger partial charge in [-0.2, -0.15) is 4.98 Å². The van der Waals surface area contributed by atoms with Gasteiger partial charge in [0.15, 0.2) is 0 Å². The highest BCUT2D eigenvalue weighted by Crippen LogP contribution is 2.17. The van der Waals surface area contributed by atoms with E-state index in [1.54, 1.807) is 12.1 Å². The summed E-state index contributed by atoms with van der Waals surface area (Å²) in [6, 6.07) is 15.0. The first-order valence-electron chi connectivity index (χ1n) is 9.73. The lowest BCUT2D eigenvalue weighted by molar-refractivity contribution is 0.582. The van der Waals surface area contributed by atoms with Crippen LogP contribution in [0.15, 0.2) is 53.4 Å². The highest BCUT2D eigenvalue weighted by atomic mass is 32.2. The zero-order valence-electron chi connectivity index (χ0n) is 17.7. The van der Waals surface area contributed by atoms with Gasteiger partial charge in [0.1, 0.15) is 5.82 Å². The molecule has 8 heteroatoms. The summed E-state index contributed by atoms with van der Waals surface area (Å²) in [5.41, 5.74) is 4.92. The normalized spacial score (nSPS) is 11.3. The number of anilines is 3. The van der Waals surface area contributed by atoms with Crippen LogP contribution in [0.4, 0.5) is 17.5 Å². The van der Waals surface area contributed by atoms with Crippen molar-refractivity contribution in [2.75, 3.05) is 23.7 Å². The SMILES string of the molecule is Cc1ccc(Nc2cc(C)nc(NCCNS(=O)(=O)c3ccc(C)c(C)c3)n2)cc1. The van der Waals surface area contributed by atoms with E-state index in [1.165, 1.54) is 5.56 Å². The summed E-state index contributed by atoms with van der Waals surface area (Å²) in [5, 5.41) is 6.33. The number of aromatic nitrogens is 2. The van der Waals surface area contributed by atoms with Crippen molar-refractivity contribution in [3.8, 4) is 0 Å². The average Bonchev–Trinajstić information content (AvgIpc) is 2.69. The van der Waals surface area contributed by atoms with Crippen LogP contribution in [0.5, 0.6) is 0 Å². The molecule has 3 rings (SSSR count). The monoisotopic (exact) mass is 425 g/mol. The quantitative estimate of drug-likeness (QED) is 0.475. The molecule has 0 aliphatic heterocycles. The second-order valence-electron chi connectivity index (χ2n) is 7.28. The third-order valence-electron chi connectivity index (χ3n) is 4.67. The van der Waals surface area contributed by atoms with Crippen molar-refractivity contribution >= 4 is 27.5 Å². The molecule has 0 fully saturated rings. The number of nitrogens with one attached hydrogen (secondary N) is 3. The molecular formula is C22H27N5O2S. The Morgan fingerprint density at radius 1 is 0.833 bits per heavy atom. The molecule has 0 saturated heterocycles. The third-order valence-corrected chi connectivity index (χ3v) is 6.13. The summed E-state index contributed by atoms with van der Waals surface area (Å²) in [7, 11) is -3.56. The highest BCUT2D eigenvalue weighted by Gasteiger charge is 2.14. The molecule has 0 amide bonds. The molecule has 1 heterocycles. The Morgan fingerprint density at radius 3 is 2.27 bits per heavy atom. The lowest BCUT2D eigenvalue weighted by atomic mass is 10.1. The predicted octanol–water partition coefficient (Wildman–Crippen LogP) is 3.84. The molecule has 0 spiro atoms. The van der Waals surface area contributed by atoms with Crippen molar-refractivity contribution in [1.82, 2.24) is 14.7 Å². The lowest BCUT2D eigenvalue weighted by Crippen LogP contribution is -2.29. The van der Waals surface area contributed by atoms with Crippen molar-refractivity contribution < 1.29 is 8.42 Å². The van der Waals surface area contributed by atoms with Gasteiger partial charge in [-0.15, -0.1) is 0 Å². The molecule has 0 unspecified atom stereocenters. The minimum atomic E-state index is -3.56. The molecule has 30 heavy (non-hydrogen) atoms. The fourth-order valence-electron chi connectivity index (χ4n) is 2.82. The Bertz CT molecular complexity index is 1130. The van der Waals surface area contributed by atoms with Gasteiger partial charge in [-0.3, -0.25) is 0 Å². The number of benzene rings is 2. The van der Waals surface area contributed by atoms with Crippen molar-refractivity contribution in [3.63, 3.8) is 0 Å². The minimum Gasteiger partial charge on any atom is -0.353 e. The number of hydrogen-bond donors (Lipinski definition) is 3. The van der Waals surface area contributed by atoms with Gasteiger partial charge in [0, 0.05) is 30.5 Å². The summed E-state index contributed by atoms with van der Waals surface area (Å²) < 4.78 is 27.5. The topological polar surface area (TPSA) is 96.0 Å². The van der Waals surface area contributed by atoms with Crippen molar-refractivity contribution in [3.05, 3.63) is 70.9 Å². The molecule has 158 valence electrons. The molecule has 0 atom stereocenters. The van der Waals surface area contributed by atoms with E-state index in [0.717, 1.165) is 22.5 Å². The smallest absolute Gasteiger partial charge is 0.240 e. The van der Waals surface area contributed by atoms with Gasteiger partial charge in [-0.25, -0.2) is 18.1 Å². The summed E-state index contributed by atoms with van der Waals surface area (Å²) in [4.78, 5) is 9.08. The van der Waals surface area contributed by atoms with Crippen LogP contribution in [0.3, 0.4) is 0 Å². The molecule has 0 aliphatic carbocycles. The van der Waals surface area contributed by atoms with Crippen LogP contribution < -0.4 is 15.4 Å². The van der Waals surface area contributed by atoms with E-state index < -0.39 is 10.0 Å². The van der Waals surface area contributed by atoms with Crippen LogP contribution in [-0.2, 0) is 10.0 Å². The molecule has 0 aliphatic rings. The van der Waals surface area contributed by atoms with E-state index in [9.17, 15) is 8.42 Å². The van der Waals surface area contributed by atoms with Crippen LogP contribution in [-0.4, -0.2) is 31.5 Å². The van der Waals surface area contributed by atoms with E-state index >= 15 is 0 Å². The molecular weight excluding hydrogens is 398 g/mol. The Morgan fingerprint density at radius 2 is 1.57 bits per heavy atom. The van der Waals surface area contributed by atoms with E-state index in [0.29, 0.717) is 18.3 Å². The molecule has 3 aromatic rings. The second-order valence-corrected chi connectivity index (χ2v) is 9.05. The maximum atomic E-state index is 12.5. The molecule has 3 N–H and O–H groups in total. The van der Waals surface area contributed by atoms with Crippen molar-refractivity contribution in [2.24, 2.45) is 0 Å². The Labute approximate surface area is 178 Å². The highest BCUT2D eigenvalue weighted by molar-refractivity contribution is 7.89. The Hall–Kier alpha value is -2.97. The molecule has 0 radical (unpaired) electrons. The van der Waals surface area contributed by atoms with Crippen LogP contribution in [0, 0.1) is 27.7 Å². The third kappa shape index (κ3) is 5.77. The van der Waals surface area contributed by atoms with Gasteiger partial charge >= 0.3 is 0 Å². The number of hydrogen-bond acceptors (Lipinski definition) is 6. The van der Waals surface area contributed by atoms with Crippen LogP contribution in [0.25, 0.3) is 0 Å². The van der Waals surface area contributed by atoms with E-state index in [-0.39, 0.29) is 11.4 Å². The zero-order valence-corrected chi connectivity index (χ0v) is 18.5. The van der Waals surface area contributed by atoms with Crippen LogP contribution >= 0.6 is 0 Å². The van der Waals surface area contributed by atoms with Gasteiger partial charge in [0.2, 0.25) is 16.0 Å². The van der Waals surface area contributed by atoms with Crippen molar-refractivity contribution in [1.29, 1.82) is 0 Å². The number of nitrogens with zero attached hydrogens (tertiary/aromatic N) is 2. The predicted molar refractivity (Wildman–Crippen MR) is 121 cm³/mol. The van der Waals surface area contributed by atoms with Crippen LogP contribution in [0.2, 0.25) is 0 Å². The fraction of sp³-hybridized carbons (Fsp3) is 0.273. The first-order valence-corrected chi connectivity index (χ1v) is 11.2. The number of rotatable bonds is 8. The number of aryl methyl sites for hydroxylation is 4. The maximum absolute atomic E-state index is 12.5. The average molecular weight is 426 g/mol. The summed E-state index contributed by atoms with van der Waals surface area (Å²) in [5.74, 6) is 1.11. The molecule has 0 saturated carbocycles. The first-order chi connectivity index (χ1) is 14.2.